The molecule has 1 aliphatic heterocycles. The van der Waals surface area contributed by atoms with Crippen molar-refractivity contribution in [1.82, 2.24) is 4.90 Å². The molecule has 21 heavy (non-hydrogen) atoms. The van der Waals surface area contributed by atoms with Crippen molar-refractivity contribution in [3.05, 3.63) is 42.0 Å². The van der Waals surface area contributed by atoms with Crippen LogP contribution in [0.4, 0.5) is 0 Å². The van der Waals surface area contributed by atoms with Crippen LogP contribution < -0.4 is 0 Å². The van der Waals surface area contributed by atoms with Gasteiger partial charge in [0, 0.05) is 13.0 Å². The Labute approximate surface area is 123 Å². The molecule has 0 bridgehead atoms. The van der Waals surface area contributed by atoms with E-state index in [4.69, 9.17) is 9.84 Å². The quantitative estimate of drug-likeness (QED) is 0.897. The Hall–Kier alpha value is -2.14. The number of allylic oxidation sites excluding steroid dienone is 1. The van der Waals surface area contributed by atoms with Crippen molar-refractivity contribution in [1.29, 1.82) is 0 Å². The van der Waals surface area contributed by atoms with Crippen molar-refractivity contribution >= 4 is 18.0 Å². The molecule has 1 atom stereocenters. The highest BCUT2D eigenvalue weighted by atomic mass is 16.5. The fourth-order valence-electron chi connectivity index (χ4n) is 2.17. The highest BCUT2D eigenvalue weighted by Gasteiger charge is 2.28. The number of rotatable bonds is 5. The minimum Gasteiger partial charge on any atom is -0.479 e. The van der Waals surface area contributed by atoms with Crippen LogP contribution >= 0.6 is 0 Å². The van der Waals surface area contributed by atoms with E-state index in [1.165, 1.54) is 0 Å². The van der Waals surface area contributed by atoms with Crippen LogP contribution in [0.5, 0.6) is 0 Å². The SMILES string of the molecule is O=C(O)C1CN(C(=O)CC/C=C/c2ccccc2)CCO1. The van der Waals surface area contributed by atoms with E-state index in [2.05, 4.69) is 0 Å². The van der Waals surface area contributed by atoms with E-state index < -0.39 is 12.1 Å². The van der Waals surface area contributed by atoms with Gasteiger partial charge in [0.1, 0.15) is 0 Å². The van der Waals surface area contributed by atoms with Gasteiger partial charge in [-0.05, 0) is 12.0 Å². The fourth-order valence-corrected chi connectivity index (χ4v) is 2.17. The number of aliphatic carboxylic acids is 1. The number of carboxylic acids is 1. The van der Waals surface area contributed by atoms with Gasteiger partial charge in [-0.2, -0.15) is 0 Å². The van der Waals surface area contributed by atoms with Gasteiger partial charge in [0.2, 0.25) is 5.91 Å². The fraction of sp³-hybridized carbons (Fsp3) is 0.375. The lowest BCUT2D eigenvalue weighted by atomic mass is 10.1. The number of hydrogen-bond acceptors (Lipinski definition) is 3. The largest absolute Gasteiger partial charge is 0.479 e. The van der Waals surface area contributed by atoms with E-state index in [1.807, 2.05) is 42.5 Å². The summed E-state index contributed by atoms with van der Waals surface area (Å²) in [6.45, 7) is 0.879. The van der Waals surface area contributed by atoms with Gasteiger partial charge in [-0.3, -0.25) is 4.79 Å². The topological polar surface area (TPSA) is 66.8 Å². The summed E-state index contributed by atoms with van der Waals surface area (Å²) in [5, 5.41) is 8.90. The molecule has 1 saturated heterocycles. The Bertz CT molecular complexity index is 512. The first-order valence-corrected chi connectivity index (χ1v) is 7.00. The van der Waals surface area contributed by atoms with E-state index in [0.29, 0.717) is 19.4 Å². The van der Waals surface area contributed by atoms with Crippen molar-refractivity contribution in [2.75, 3.05) is 19.7 Å². The van der Waals surface area contributed by atoms with Gasteiger partial charge in [0.25, 0.3) is 0 Å². The van der Waals surface area contributed by atoms with Crippen LogP contribution in [0.2, 0.25) is 0 Å². The van der Waals surface area contributed by atoms with E-state index >= 15 is 0 Å². The summed E-state index contributed by atoms with van der Waals surface area (Å²) in [7, 11) is 0. The van der Waals surface area contributed by atoms with Crippen LogP contribution in [0.1, 0.15) is 18.4 Å². The van der Waals surface area contributed by atoms with Crippen LogP contribution in [-0.4, -0.2) is 47.7 Å². The van der Waals surface area contributed by atoms with Crippen molar-refractivity contribution in [3.63, 3.8) is 0 Å². The van der Waals surface area contributed by atoms with Gasteiger partial charge in [-0.15, -0.1) is 0 Å². The average Bonchev–Trinajstić information content (AvgIpc) is 2.52. The van der Waals surface area contributed by atoms with E-state index in [9.17, 15) is 9.59 Å². The van der Waals surface area contributed by atoms with Crippen molar-refractivity contribution < 1.29 is 19.4 Å². The lowest BCUT2D eigenvalue weighted by molar-refractivity contribution is -0.159. The second-order valence-corrected chi connectivity index (χ2v) is 4.89. The summed E-state index contributed by atoms with van der Waals surface area (Å²) in [5.41, 5.74) is 1.10. The zero-order valence-electron chi connectivity index (χ0n) is 11.8. The Kier molecular flexibility index (Phi) is 5.51. The molecule has 1 unspecified atom stereocenters. The molecule has 1 N–H and O–H groups in total. The molecule has 5 nitrogen and oxygen atoms in total. The molecule has 1 fully saturated rings. The molecule has 1 aliphatic rings. The predicted octanol–water partition coefficient (Wildman–Crippen LogP) is 1.79. The van der Waals surface area contributed by atoms with Gasteiger partial charge in [0.05, 0.1) is 13.2 Å². The molecule has 1 heterocycles. The maximum atomic E-state index is 12.0. The van der Waals surface area contributed by atoms with Crippen LogP contribution in [0.25, 0.3) is 6.08 Å². The molecule has 0 radical (unpaired) electrons. The third-order valence-corrected chi connectivity index (χ3v) is 3.33. The highest BCUT2D eigenvalue weighted by molar-refractivity contribution is 5.78. The number of morpholine rings is 1. The minimum atomic E-state index is -1.02. The molecule has 1 aromatic rings. The lowest BCUT2D eigenvalue weighted by Crippen LogP contribution is -2.48. The number of nitrogens with zero attached hydrogens (tertiary/aromatic N) is 1. The maximum absolute atomic E-state index is 12.0. The van der Waals surface area contributed by atoms with Crippen molar-refractivity contribution in [2.45, 2.75) is 18.9 Å². The first-order valence-electron chi connectivity index (χ1n) is 7.00. The Morgan fingerprint density at radius 3 is 2.81 bits per heavy atom. The number of hydrogen-bond donors (Lipinski definition) is 1. The first kappa shape index (κ1) is 15.3. The zero-order chi connectivity index (χ0) is 15.1. The lowest BCUT2D eigenvalue weighted by Gasteiger charge is -2.30. The normalized spacial score (nSPS) is 18.9. The smallest absolute Gasteiger partial charge is 0.334 e. The Morgan fingerprint density at radius 2 is 2.10 bits per heavy atom. The van der Waals surface area contributed by atoms with Crippen LogP contribution in [0.15, 0.2) is 36.4 Å². The molecule has 1 amide bonds. The maximum Gasteiger partial charge on any atom is 0.334 e. The minimum absolute atomic E-state index is 0.0257. The van der Waals surface area contributed by atoms with Crippen LogP contribution in [-0.2, 0) is 14.3 Å². The molecule has 0 aliphatic carbocycles. The standard InChI is InChI=1S/C16H19NO4/c18-15(17-10-11-21-14(12-17)16(19)20)9-5-4-8-13-6-2-1-3-7-13/h1-4,6-8,14H,5,9-12H2,(H,19,20)/b8-4+. The molecule has 0 spiro atoms. The van der Waals surface area contributed by atoms with E-state index in [1.54, 1.807) is 4.90 Å². The van der Waals surface area contributed by atoms with Gasteiger partial charge in [-0.25, -0.2) is 4.79 Å². The first-order chi connectivity index (χ1) is 10.2. The summed E-state index contributed by atoms with van der Waals surface area (Å²) in [6.07, 6.45) is 4.07. The second kappa shape index (κ2) is 7.59. The highest BCUT2D eigenvalue weighted by Crippen LogP contribution is 2.09. The summed E-state index contributed by atoms with van der Waals surface area (Å²) in [6, 6.07) is 9.88. The van der Waals surface area contributed by atoms with E-state index in [-0.39, 0.29) is 19.1 Å². The average molecular weight is 289 g/mol. The number of benzene rings is 1. The molecular weight excluding hydrogens is 270 g/mol. The molecular formula is C16H19NO4. The predicted molar refractivity (Wildman–Crippen MR) is 78.7 cm³/mol. The third-order valence-electron chi connectivity index (χ3n) is 3.33. The number of ether oxygens (including phenoxy) is 1. The Balaban J connectivity index is 1.77. The second-order valence-electron chi connectivity index (χ2n) is 4.89. The van der Waals surface area contributed by atoms with E-state index in [0.717, 1.165) is 5.56 Å². The number of carbonyl (C=O) groups excluding carboxylic acids is 1. The van der Waals surface area contributed by atoms with Gasteiger partial charge < -0.3 is 14.7 Å². The molecule has 5 heteroatoms. The van der Waals surface area contributed by atoms with Crippen molar-refractivity contribution in [3.8, 4) is 0 Å². The van der Waals surface area contributed by atoms with Crippen molar-refractivity contribution in [2.24, 2.45) is 0 Å². The monoisotopic (exact) mass is 289 g/mol. The molecule has 0 aromatic heterocycles. The Morgan fingerprint density at radius 1 is 1.33 bits per heavy atom. The van der Waals surface area contributed by atoms with Gasteiger partial charge in [0.15, 0.2) is 6.10 Å². The number of amides is 1. The van der Waals surface area contributed by atoms with Crippen LogP contribution in [0.3, 0.4) is 0 Å². The molecule has 112 valence electrons. The summed E-state index contributed by atoms with van der Waals surface area (Å²) in [4.78, 5) is 24.5. The summed E-state index contributed by atoms with van der Waals surface area (Å²) >= 11 is 0. The zero-order valence-corrected chi connectivity index (χ0v) is 11.8. The van der Waals surface area contributed by atoms with Gasteiger partial charge >= 0.3 is 5.97 Å². The van der Waals surface area contributed by atoms with Crippen LogP contribution in [0, 0.1) is 0 Å². The number of carbonyl (C=O) groups is 2. The van der Waals surface area contributed by atoms with Gasteiger partial charge in [-0.1, -0.05) is 42.5 Å². The number of carboxylic acid groups (broad SMARTS) is 1. The summed E-state index contributed by atoms with van der Waals surface area (Å²) < 4.78 is 5.10. The molecule has 1 aromatic carbocycles. The molecule has 2 rings (SSSR count). The summed E-state index contributed by atoms with van der Waals surface area (Å²) in [5.74, 6) is -1.04. The third kappa shape index (κ3) is 4.72. The molecule has 0 saturated carbocycles.